The maximum atomic E-state index is 8.55. The van der Waals surface area contributed by atoms with Gasteiger partial charge in [-0.15, -0.1) is 0 Å². The van der Waals surface area contributed by atoms with Crippen LogP contribution >= 0.6 is 7.82 Å². The van der Waals surface area contributed by atoms with Gasteiger partial charge in [0, 0.05) is 0 Å². The van der Waals surface area contributed by atoms with Gasteiger partial charge in [0.15, 0.2) is 0 Å². The molecule has 0 aromatic carbocycles. The average molecular weight is 352 g/mol. The average Bonchev–Trinajstić information content (AvgIpc) is 1.97. The van der Waals surface area contributed by atoms with Crippen LogP contribution < -0.4 is 14.7 Å². The first kappa shape index (κ1) is 20.8. The smallest absolute Gasteiger partial charge is 0.822 e. The Kier molecular flexibility index (Phi) is 18.6. The number of hydrogen-bond donors (Lipinski definition) is 0. The minimum absolute atomic E-state index is 0. The van der Waals surface area contributed by atoms with Crippen LogP contribution in [0.15, 0.2) is 0 Å². The SMILES string of the molecule is O=P([O-])([O-])[O-].[CH2-]C(CC)CCCC.[Nd+3]. The fraction of sp³-hybridized carbons (Fsp3) is 0.875. The first-order valence-electron chi connectivity index (χ1n) is 4.37. The minimum atomic E-state index is -5.39. The van der Waals surface area contributed by atoms with Gasteiger partial charge in [0.1, 0.15) is 0 Å². The molecule has 0 saturated carbocycles. The molecule has 1 unspecified atom stereocenters. The van der Waals surface area contributed by atoms with Gasteiger partial charge in [-0.05, 0) is 0 Å². The molecule has 4 nitrogen and oxygen atoms in total. The molecule has 0 aromatic heterocycles. The molecule has 0 aromatic rings. The Morgan fingerprint density at radius 3 is 1.86 bits per heavy atom. The van der Waals surface area contributed by atoms with Gasteiger partial charge in [-0.25, -0.2) is 0 Å². The number of rotatable bonds is 4. The largest absolute Gasteiger partial charge is 3.00 e. The van der Waals surface area contributed by atoms with Crippen LogP contribution in [0, 0.1) is 53.7 Å². The van der Waals surface area contributed by atoms with Crippen LogP contribution in [0.2, 0.25) is 0 Å². The number of phosphoric acid groups is 1. The fourth-order valence-corrected chi connectivity index (χ4v) is 0.697. The third-order valence-corrected chi connectivity index (χ3v) is 1.54. The quantitative estimate of drug-likeness (QED) is 0.535. The first-order chi connectivity index (χ1) is 5.81. The summed E-state index contributed by atoms with van der Waals surface area (Å²) in [6, 6.07) is 0. The van der Waals surface area contributed by atoms with E-state index >= 15 is 0 Å². The van der Waals surface area contributed by atoms with Crippen LogP contribution in [-0.4, -0.2) is 0 Å². The van der Waals surface area contributed by atoms with Gasteiger partial charge < -0.3 is 26.2 Å². The Hall–Kier alpha value is 1.46. The minimum Gasteiger partial charge on any atom is -0.822 e. The van der Waals surface area contributed by atoms with Crippen molar-refractivity contribution in [3.63, 3.8) is 0 Å². The Balaban J connectivity index is -0.000000177. The maximum Gasteiger partial charge on any atom is 3.00 e. The van der Waals surface area contributed by atoms with E-state index in [1.807, 2.05) is 0 Å². The van der Waals surface area contributed by atoms with Crippen molar-refractivity contribution in [1.82, 2.24) is 0 Å². The molecule has 0 amide bonds. The summed E-state index contributed by atoms with van der Waals surface area (Å²) in [5.41, 5.74) is 0. The predicted octanol–water partition coefficient (Wildman–Crippen LogP) is 0.212. The van der Waals surface area contributed by atoms with E-state index in [9.17, 15) is 0 Å². The van der Waals surface area contributed by atoms with E-state index in [2.05, 4.69) is 20.8 Å². The summed E-state index contributed by atoms with van der Waals surface area (Å²) >= 11 is 0. The zero-order valence-electron chi connectivity index (χ0n) is 8.69. The molecule has 0 N–H and O–H groups in total. The van der Waals surface area contributed by atoms with Crippen molar-refractivity contribution in [2.24, 2.45) is 5.92 Å². The van der Waals surface area contributed by atoms with Crippen LogP contribution in [0.5, 0.6) is 0 Å². The van der Waals surface area contributed by atoms with Crippen LogP contribution in [0.4, 0.5) is 0 Å². The molecule has 0 heterocycles. The molecule has 6 heteroatoms. The van der Waals surface area contributed by atoms with Crippen LogP contribution in [0.25, 0.3) is 0 Å². The van der Waals surface area contributed by atoms with Crippen LogP contribution in [-0.2, 0) is 4.57 Å². The second-order valence-electron chi connectivity index (χ2n) is 2.86. The molecule has 1 radical (unpaired) electrons. The van der Waals surface area contributed by atoms with Crippen molar-refractivity contribution in [2.45, 2.75) is 39.5 Å². The monoisotopic (exact) mass is 350 g/mol. The molecular weight excluding hydrogens is 335 g/mol. The molecule has 14 heavy (non-hydrogen) atoms. The summed E-state index contributed by atoms with van der Waals surface area (Å²) in [6.07, 6.45) is 5.21. The summed E-state index contributed by atoms with van der Waals surface area (Å²) < 4.78 is 8.55. The van der Waals surface area contributed by atoms with Gasteiger partial charge in [-0.2, -0.15) is 13.7 Å². The second-order valence-corrected chi connectivity index (χ2v) is 3.76. The summed E-state index contributed by atoms with van der Waals surface area (Å²) in [4.78, 5) is 25.6. The van der Waals surface area contributed by atoms with Gasteiger partial charge in [0.25, 0.3) is 0 Å². The van der Waals surface area contributed by atoms with E-state index in [1.54, 1.807) is 0 Å². The molecule has 0 aliphatic rings. The Labute approximate surface area is 119 Å². The fourth-order valence-electron chi connectivity index (χ4n) is 0.697. The summed E-state index contributed by atoms with van der Waals surface area (Å²) in [5.74, 6) is 0.704. The third-order valence-electron chi connectivity index (χ3n) is 1.54. The van der Waals surface area contributed by atoms with E-state index in [0.29, 0.717) is 5.92 Å². The van der Waals surface area contributed by atoms with Crippen molar-refractivity contribution in [1.29, 1.82) is 0 Å². The van der Waals surface area contributed by atoms with E-state index in [-0.39, 0.29) is 40.8 Å². The Bertz CT molecular complexity index is 140. The van der Waals surface area contributed by atoms with Gasteiger partial charge >= 0.3 is 40.8 Å². The molecule has 0 aliphatic heterocycles. The summed E-state index contributed by atoms with van der Waals surface area (Å²) in [6.45, 7) is 8.42. The van der Waals surface area contributed by atoms with Gasteiger partial charge in [-0.1, -0.05) is 39.5 Å². The van der Waals surface area contributed by atoms with E-state index in [0.717, 1.165) is 0 Å². The van der Waals surface area contributed by atoms with Gasteiger partial charge in [-0.3, -0.25) is 0 Å². The van der Waals surface area contributed by atoms with Crippen LogP contribution in [0.1, 0.15) is 39.5 Å². The number of hydrogen-bond acceptors (Lipinski definition) is 4. The molecule has 83 valence electrons. The van der Waals surface area contributed by atoms with Crippen LogP contribution in [0.3, 0.4) is 0 Å². The summed E-state index contributed by atoms with van der Waals surface area (Å²) in [7, 11) is -5.39. The molecule has 0 aliphatic carbocycles. The van der Waals surface area contributed by atoms with Crippen molar-refractivity contribution >= 4 is 7.82 Å². The molecule has 0 rings (SSSR count). The van der Waals surface area contributed by atoms with E-state index in [4.69, 9.17) is 19.2 Å². The van der Waals surface area contributed by atoms with Gasteiger partial charge in [0.2, 0.25) is 0 Å². The molecule has 0 saturated heterocycles. The van der Waals surface area contributed by atoms with E-state index < -0.39 is 7.82 Å². The maximum absolute atomic E-state index is 8.55. The molecule has 0 fully saturated rings. The predicted molar refractivity (Wildman–Crippen MR) is 46.3 cm³/mol. The zero-order valence-corrected chi connectivity index (χ0v) is 12.8. The number of unbranched alkanes of at least 4 members (excludes halogenated alkanes) is 1. The molecular formula is C8H17NdO4P-. The van der Waals surface area contributed by atoms with Crippen molar-refractivity contribution in [2.75, 3.05) is 0 Å². The second kappa shape index (κ2) is 12.5. The van der Waals surface area contributed by atoms with Gasteiger partial charge in [0.05, 0.1) is 0 Å². The Morgan fingerprint density at radius 2 is 1.64 bits per heavy atom. The Morgan fingerprint density at radius 1 is 1.29 bits per heavy atom. The zero-order chi connectivity index (χ0) is 10.9. The van der Waals surface area contributed by atoms with Crippen molar-refractivity contribution in [3.05, 3.63) is 6.92 Å². The van der Waals surface area contributed by atoms with Crippen molar-refractivity contribution < 1.29 is 60.1 Å². The van der Waals surface area contributed by atoms with Crippen molar-refractivity contribution in [3.8, 4) is 0 Å². The van der Waals surface area contributed by atoms with E-state index in [1.165, 1.54) is 25.7 Å². The molecule has 1 atom stereocenters. The topological polar surface area (TPSA) is 86.2 Å². The summed E-state index contributed by atoms with van der Waals surface area (Å²) in [5, 5.41) is 0. The normalized spacial score (nSPS) is 12.1. The third kappa shape index (κ3) is 37.5. The first-order valence-corrected chi connectivity index (χ1v) is 5.83. The standard InChI is InChI=1S/C8H17.Nd.H3O4P/c1-4-6-7-8(3)5-2;;1-5(2,3)4/h8H,3-7H2,1-2H3;;(H3,1,2,3,4)/q-1;+3;/p-3. The molecule has 0 bridgehead atoms. The molecule has 0 spiro atoms.